The van der Waals surface area contributed by atoms with E-state index in [1.54, 1.807) is 6.21 Å². The summed E-state index contributed by atoms with van der Waals surface area (Å²) < 4.78 is 13.3. The van der Waals surface area contributed by atoms with Gasteiger partial charge in [-0.15, -0.1) is 0 Å². The molecule has 1 saturated carbocycles. The van der Waals surface area contributed by atoms with Crippen molar-refractivity contribution in [2.24, 2.45) is 11.1 Å². The van der Waals surface area contributed by atoms with E-state index >= 15 is 0 Å². The number of oxime groups is 1. The Labute approximate surface area is 77.5 Å². The lowest BCUT2D eigenvalue weighted by Gasteiger charge is -2.25. The maximum atomic E-state index is 13.3. The van der Waals surface area contributed by atoms with Gasteiger partial charge in [0.15, 0.2) is 0 Å². The molecule has 0 N–H and O–H groups in total. The predicted octanol–water partition coefficient (Wildman–Crippen LogP) is 1.05. The van der Waals surface area contributed by atoms with Crippen LogP contribution in [0.25, 0.3) is 0 Å². The number of alkyl halides is 1. The molecule has 0 amide bonds. The van der Waals surface area contributed by atoms with Crippen LogP contribution in [0, 0.1) is 5.92 Å². The number of hydrogen-bond acceptors (Lipinski definition) is 3. The van der Waals surface area contributed by atoms with Gasteiger partial charge in [-0.05, 0) is 13.8 Å². The van der Waals surface area contributed by atoms with Crippen molar-refractivity contribution in [2.45, 2.75) is 32.1 Å². The number of halogens is 1. The summed E-state index contributed by atoms with van der Waals surface area (Å²) in [6, 6.07) is 0.435. The average molecular weight is 186 g/mol. The molecule has 0 unspecified atom stereocenters. The highest BCUT2D eigenvalue weighted by molar-refractivity contribution is 5.59. The van der Waals surface area contributed by atoms with E-state index in [0.717, 1.165) is 0 Å². The van der Waals surface area contributed by atoms with Crippen LogP contribution < -0.4 is 0 Å². The molecule has 0 aromatic heterocycles. The van der Waals surface area contributed by atoms with Crippen LogP contribution in [0.5, 0.6) is 0 Å². The third-order valence-electron chi connectivity index (χ3n) is 2.79. The van der Waals surface area contributed by atoms with Crippen LogP contribution in [0.4, 0.5) is 4.39 Å². The molecule has 0 bridgehead atoms. The van der Waals surface area contributed by atoms with Crippen molar-refractivity contribution in [3.8, 4) is 0 Å². The summed E-state index contributed by atoms with van der Waals surface area (Å²) in [5.41, 5.74) is 0. The Kier molecular flexibility index (Phi) is 2.24. The van der Waals surface area contributed by atoms with E-state index in [1.807, 2.05) is 0 Å². The van der Waals surface area contributed by atoms with Gasteiger partial charge in [0.05, 0.1) is 12.3 Å². The second kappa shape index (κ2) is 3.25. The Hall–Kier alpha value is -0.640. The van der Waals surface area contributed by atoms with Crippen LogP contribution in [0.3, 0.4) is 0 Å². The van der Waals surface area contributed by atoms with E-state index < -0.39 is 6.17 Å². The van der Waals surface area contributed by atoms with Crippen LogP contribution in [-0.4, -0.2) is 42.5 Å². The zero-order chi connectivity index (χ0) is 9.42. The van der Waals surface area contributed by atoms with Crippen LogP contribution >= 0.6 is 0 Å². The van der Waals surface area contributed by atoms with Crippen LogP contribution in [-0.2, 0) is 4.84 Å². The standard InChI is InChI=1S/C9H15FN2O/c1-6(2)12-4-3-11-13-5-7-8(10)9(7)12/h3,6-9H,4-5H2,1-2H3/b11-3-/t7-,8-,9-/m0/s1. The van der Waals surface area contributed by atoms with Crippen molar-refractivity contribution in [1.29, 1.82) is 0 Å². The van der Waals surface area contributed by atoms with Crippen LogP contribution in [0.1, 0.15) is 13.8 Å². The van der Waals surface area contributed by atoms with Gasteiger partial charge in [0.25, 0.3) is 0 Å². The van der Waals surface area contributed by atoms with Gasteiger partial charge in [-0.2, -0.15) is 0 Å². The molecule has 0 spiro atoms. The third kappa shape index (κ3) is 1.55. The molecule has 3 atom stereocenters. The molecule has 3 nitrogen and oxygen atoms in total. The maximum absolute atomic E-state index is 13.3. The average Bonchev–Trinajstić information content (AvgIpc) is 2.58. The lowest BCUT2D eigenvalue weighted by molar-refractivity contribution is 0.110. The smallest absolute Gasteiger partial charge is 0.124 e. The Morgan fingerprint density at radius 2 is 2.38 bits per heavy atom. The molecule has 1 aliphatic heterocycles. The summed E-state index contributed by atoms with van der Waals surface area (Å²) in [6.07, 6.45) is 0.991. The van der Waals surface area contributed by atoms with Crippen molar-refractivity contribution in [3.63, 3.8) is 0 Å². The molecular weight excluding hydrogens is 171 g/mol. The normalized spacial score (nSPS) is 41.7. The fourth-order valence-corrected chi connectivity index (χ4v) is 1.92. The van der Waals surface area contributed by atoms with E-state index in [2.05, 4.69) is 23.9 Å². The fraction of sp³-hybridized carbons (Fsp3) is 0.889. The zero-order valence-electron chi connectivity index (χ0n) is 7.98. The minimum Gasteiger partial charge on any atom is -0.396 e. The van der Waals surface area contributed by atoms with Crippen molar-refractivity contribution < 1.29 is 9.23 Å². The van der Waals surface area contributed by atoms with Gasteiger partial charge >= 0.3 is 0 Å². The number of nitrogens with zero attached hydrogens (tertiary/aromatic N) is 2. The first-order chi connectivity index (χ1) is 6.22. The lowest BCUT2D eigenvalue weighted by Crippen LogP contribution is -2.37. The molecule has 2 rings (SSSR count). The highest BCUT2D eigenvalue weighted by atomic mass is 19.1. The quantitative estimate of drug-likeness (QED) is 0.611. The first kappa shape index (κ1) is 8.94. The zero-order valence-corrected chi connectivity index (χ0v) is 7.98. The molecule has 13 heavy (non-hydrogen) atoms. The van der Waals surface area contributed by atoms with Gasteiger partial charge in [-0.25, -0.2) is 4.39 Å². The van der Waals surface area contributed by atoms with Crippen LogP contribution in [0.15, 0.2) is 5.16 Å². The summed E-state index contributed by atoms with van der Waals surface area (Å²) in [5.74, 6) is 0.0415. The fourth-order valence-electron chi connectivity index (χ4n) is 1.92. The minimum absolute atomic E-state index is 0.0415. The predicted molar refractivity (Wildman–Crippen MR) is 48.5 cm³/mol. The van der Waals surface area contributed by atoms with Crippen LogP contribution in [0.2, 0.25) is 0 Å². The van der Waals surface area contributed by atoms with E-state index in [0.29, 0.717) is 19.2 Å². The van der Waals surface area contributed by atoms with Gasteiger partial charge in [-0.1, -0.05) is 5.16 Å². The van der Waals surface area contributed by atoms with Gasteiger partial charge < -0.3 is 4.84 Å². The monoisotopic (exact) mass is 186 g/mol. The minimum atomic E-state index is -0.718. The molecule has 1 fully saturated rings. The van der Waals surface area contributed by atoms with Gasteiger partial charge in [0.1, 0.15) is 12.8 Å². The lowest BCUT2D eigenvalue weighted by atomic mass is 10.3. The van der Waals surface area contributed by atoms with Crippen molar-refractivity contribution >= 4 is 6.21 Å². The molecule has 0 aromatic carbocycles. The second-order valence-corrected chi connectivity index (χ2v) is 3.97. The molecular formula is C9H15FN2O. The highest BCUT2D eigenvalue weighted by Gasteiger charge is 2.55. The first-order valence-electron chi connectivity index (χ1n) is 4.75. The molecule has 0 saturated heterocycles. The molecule has 1 aliphatic carbocycles. The van der Waals surface area contributed by atoms with Gasteiger partial charge in [-0.3, -0.25) is 4.90 Å². The Bertz CT molecular complexity index is 220. The van der Waals surface area contributed by atoms with Crippen molar-refractivity contribution in [3.05, 3.63) is 0 Å². The highest BCUT2D eigenvalue weighted by Crippen LogP contribution is 2.40. The Morgan fingerprint density at radius 3 is 3.08 bits per heavy atom. The van der Waals surface area contributed by atoms with E-state index in [-0.39, 0.29) is 12.0 Å². The Balaban J connectivity index is 2.06. The SMILES string of the molecule is CC(C)N1C/C=N\OC[C@H]2[C@H](F)[C@H]21. The number of hydrogen-bond donors (Lipinski definition) is 0. The van der Waals surface area contributed by atoms with E-state index in [4.69, 9.17) is 4.84 Å². The number of fused-ring (bicyclic) bond motifs is 1. The van der Waals surface area contributed by atoms with Gasteiger partial charge in [0, 0.05) is 18.5 Å². The summed E-state index contributed by atoms with van der Waals surface area (Å²) in [6.45, 7) is 5.28. The third-order valence-corrected chi connectivity index (χ3v) is 2.79. The van der Waals surface area contributed by atoms with E-state index in [1.165, 1.54) is 0 Å². The summed E-state index contributed by atoms with van der Waals surface area (Å²) in [5, 5.41) is 3.74. The number of rotatable bonds is 1. The van der Waals surface area contributed by atoms with Crippen molar-refractivity contribution in [1.82, 2.24) is 4.90 Å². The maximum Gasteiger partial charge on any atom is 0.124 e. The largest absolute Gasteiger partial charge is 0.396 e. The Morgan fingerprint density at radius 1 is 1.62 bits per heavy atom. The molecule has 4 heteroatoms. The molecule has 1 heterocycles. The van der Waals surface area contributed by atoms with Crippen molar-refractivity contribution in [2.75, 3.05) is 13.2 Å². The summed E-state index contributed by atoms with van der Waals surface area (Å²) in [4.78, 5) is 7.07. The molecule has 0 aromatic rings. The van der Waals surface area contributed by atoms with E-state index in [9.17, 15) is 4.39 Å². The molecule has 2 aliphatic rings. The molecule has 74 valence electrons. The van der Waals surface area contributed by atoms with Gasteiger partial charge in [0.2, 0.25) is 0 Å². The molecule has 0 radical (unpaired) electrons. The topological polar surface area (TPSA) is 24.8 Å². The first-order valence-corrected chi connectivity index (χ1v) is 4.75. The summed E-state index contributed by atoms with van der Waals surface area (Å²) >= 11 is 0. The second-order valence-electron chi connectivity index (χ2n) is 3.97. The summed E-state index contributed by atoms with van der Waals surface area (Å²) in [7, 11) is 0.